The average molecular weight is 753 g/mol. The highest BCUT2D eigenvalue weighted by molar-refractivity contribution is 5.34. The molecule has 4 heterocycles. The molecule has 21 atom stereocenters. The largest absolute Gasteiger partial charge is 0.388 e. The lowest BCUT2D eigenvalue weighted by atomic mass is 9.41. The molecule has 9 aliphatic rings. The van der Waals surface area contributed by atoms with Crippen LogP contribution >= 0.6 is 0 Å². The van der Waals surface area contributed by atoms with E-state index < -0.39 is 78.2 Å². The minimum atomic E-state index is -1.56. The Kier molecular flexibility index (Phi) is 8.46. The van der Waals surface area contributed by atoms with Crippen LogP contribution in [-0.2, 0) is 28.4 Å². The Morgan fingerprint density at radius 2 is 1.36 bits per heavy atom. The molecule has 4 aliphatic heterocycles. The van der Waals surface area contributed by atoms with Gasteiger partial charge < -0.3 is 64.2 Å². The SMILES string of the molecule is C[C@@H]1CC2OC3(OC2C(C)(C)O)C1[C@@]1(C)CCC24CC25CCC(O[C@@H]2OC[C@@H](O)[C@H](O[C@@H]6OC[C@@H](O)[C@H](O)[C@H]6O)[C@H]2O)C(C)(C)C5CCC4[C@]1(C)[C@H]3O. The van der Waals surface area contributed by atoms with Crippen molar-refractivity contribution in [1.29, 1.82) is 0 Å². The highest BCUT2D eigenvalue weighted by Crippen LogP contribution is 2.90. The van der Waals surface area contributed by atoms with E-state index in [-0.39, 0.29) is 58.9 Å². The highest BCUT2D eigenvalue weighted by atomic mass is 16.8. The van der Waals surface area contributed by atoms with Crippen LogP contribution in [0.4, 0.5) is 0 Å². The number of aliphatic hydroxyl groups excluding tert-OH is 6. The van der Waals surface area contributed by atoms with Crippen molar-refractivity contribution in [2.24, 2.45) is 50.7 Å². The van der Waals surface area contributed by atoms with E-state index in [1.54, 1.807) is 13.8 Å². The highest BCUT2D eigenvalue weighted by Gasteiger charge is 2.88. The molecule has 5 aliphatic carbocycles. The molecule has 3 spiro atoms. The second-order valence-electron chi connectivity index (χ2n) is 20.6. The summed E-state index contributed by atoms with van der Waals surface area (Å²) in [6.07, 6.45) is -4.62. The van der Waals surface area contributed by atoms with Crippen LogP contribution in [0.3, 0.4) is 0 Å². The minimum Gasteiger partial charge on any atom is -0.388 e. The Morgan fingerprint density at radius 3 is 2.06 bits per heavy atom. The first kappa shape index (κ1) is 38.0. The first-order valence-electron chi connectivity index (χ1n) is 20.4. The van der Waals surface area contributed by atoms with Gasteiger partial charge >= 0.3 is 0 Å². The summed E-state index contributed by atoms with van der Waals surface area (Å²) in [5.74, 6) is -0.148. The van der Waals surface area contributed by atoms with Crippen LogP contribution in [0.15, 0.2) is 0 Å². The zero-order valence-corrected chi connectivity index (χ0v) is 32.4. The van der Waals surface area contributed by atoms with Crippen LogP contribution in [0.2, 0.25) is 0 Å². The second kappa shape index (κ2) is 11.8. The van der Waals surface area contributed by atoms with Crippen molar-refractivity contribution < 1.29 is 64.2 Å². The molecule has 302 valence electrons. The molecule has 53 heavy (non-hydrogen) atoms. The standard InChI is InChI=1S/C40H64O13/c1-18-14-21-30(35(4,5)47)53-40(52-21)29(18)36(6)12-13-39-17-38(39)11-10-24(34(2,3)22(38)8-9-23(39)37(36,7)33(40)46)50-32-27(45)28(20(42)16-49-32)51-31-26(44)25(43)19(41)15-48-31/h18-33,41-47H,8-17H2,1-7H3/t18-,19-,20-,21?,22?,23?,24?,25+,26-,27-,28+,29?,30?,31+,32+,33-,36-,37-,38?,39?,40?/m1/s1. The number of rotatable bonds is 5. The van der Waals surface area contributed by atoms with Gasteiger partial charge in [0, 0.05) is 11.3 Å². The summed E-state index contributed by atoms with van der Waals surface area (Å²) in [7, 11) is 0. The molecule has 5 saturated carbocycles. The topological polar surface area (TPSA) is 197 Å². The maximum Gasteiger partial charge on any atom is 0.199 e. The van der Waals surface area contributed by atoms with Crippen LogP contribution in [0, 0.1) is 50.7 Å². The predicted molar refractivity (Wildman–Crippen MR) is 185 cm³/mol. The Hall–Kier alpha value is -0.520. The molecule has 0 radical (unpaired) electrons. The third-order valence-corrected chi connectivity index (χ3v) is 17.6. The maximum absolute atomic E-state index is 12.8. The van der Waals surface area contributed by atoms with Crippen LogP contribution < -0.4 is 0 Å². The Bertz CT molecular complexity index is 1460. The summed E-state index contributed by atoms with van der Waals surface area (Å²) in [6.45, 7) is 14.7. The number of fused-ring (bicyclic) bond motifs is 4. The van der Waals surface area contributed by atoms with Gasteiger partial charge in [-0.1, -0.05) is 34.6 Å². The fourth-order valence-corrected chi connectivity index (χ4v) is 15.2. The van der Waals surface area contributed by atoms with E-state index in [0.717, 1.165) is 51.4 Å². The summed E-state index contributed by atoms with van der Waals surface area (Å²) in [5, 5.41) is 76.5. The van der Waals surface area contributed by atoms with Gasteiger partial charge in [0.05, 0.1) is 31.0 Å². The molecule has 13 heteroatoms. The molecule has 7 N–H and O–H groups in total. The third kappa shape index (κ3) is 4.72. The quantitative estimate of drug-likeness (QED) is 0.200. The van der Waals surface area contributed by atoms with Gasteiger partial charge in [-0.25, -0.2) is 0 Å². The molecule has 0 aromatic heterocycles. The number of aliphatic hydroxyl groups is 7. The Morgan fingerprint density at radius 1 is 0.717 bits per heavy atom. The van der Waals surface area contributed by atoms with Crippen molar-refractivity contribution in [3.8, 4) is 0 Å². The maximum atomic E-state index is 12.8. The molecular formula is C40H64O13. The van der Waals surface area contributed by atoms with Crippen LogP contribution in [0.5, 0.6) is 0 Å². The lowest BCUT2D eigenvalue weighted by Gasteiger charge is -2.63. The molecule has 9 unspecified atom stereocenters. The fraction of sp³-hybridized carbons (Fsp3) is 1.00. The van der Waals surface area contributed by atoms with E-state index in [1.165, 1.54) is 0 Å². The second-order valence-corrected chi connectivity index (χ2v) is 20.6. The van der Waals surface area contributed by atoms with Gasteiger partial charge in [0.25, 0.3) is 0 Å². The van der Waals surface area contributed by atoms with E-state index in [0.29, 0.717) is 11.8 Å². The summed E-state index contributed by atoms with van der Waals surface area (Å²) in [5.41, 5.74) is -1.77. The molecular weight excluding hydrogens is 688 g/mol. The van der Waals surface area contributed by atoms with Gasteiger partial charge in [0.1, 0.15) is 48.8 Å². The van der Waals surface area contributed by atoms with Gasteiger partial charge in [0.2, 0.25) is 0 Å². The van der Waals surface area contributed by atoms with E-state index in [4.69, 9.17) is 28.4 Å². The van der Waals surface area contributed by atoms with Crippen LogP contribution in [0.1, 0.15) is 99.8 Å². The first-order valence-corrected chi connectivity index (χ1v) is 20.4. The number of hydrogen-bond donors (Lipinski definition) is 7. The summed E-state index contributed by atoms with van der Waals surface area (Å²) in [4.78, 5) is 0. The Labute approximate surface area is 312 Å². The van der Waals surface area contributed by atoms with Crippen molar-refractivity contribution in [2.75, 3.05) is 13.2 Å². The molecule has 2 bridgehead atoms. The van der Waals surface area contributed by atoms with Crippen molar-refractivity contribution >= 4 is 0 Å². The van der Waals surface area contributed by atoms with Crippen molar-refractivity contribution in [3.05, 3.63) is 0 Å². The van der Waals surface area contributed by atoms with Crippen molar-refractivity contribution in [3.63, 3.8) is 0 Å². The number of ether oxygens (including phenoxy) is 6. The van der Waals surface area contributed by atoms with E-state index in [2.05, 4.69) is 34.6 Å². The first-order chi connectivity index (χ1) is 24.7. The fourth-order valence-electron chi connectivity index (χ4n) is 15.2. The van der Waals surface area contributed by atoms with E-state index in [9.17, 15) is 35.7 Å². The Balaban J connectivity index is 0.941. The molecule has 9 rings (SSSR count). The lowest BCUT2D eigenvalue weighted by Crippen LogP contribution is -2.62. The molecule has 13 nitrogen and oxygen atoms in total. The van der Waals surface area contributed by atoms with Gasteiger partial charge in [-0.3, -0.25) is 0 Å². The molecule has 4 saturated heterocycles. The minimum absolute atomic E-state index is 0.0294. The molecule has 9 fully saturated rings. The average Bonchev–Trinajstić information content (AvgIpc) is 3.60. The van der Waals surface area contributed by atoms with Gasteiger partial charge in [-0.05, 0) is 105 Å². The smallest absolute Gasteiger partial charge is 0.199 e. The van der Waals surface area contributed by atoms with E-state index in [1.807, 2.05) is 0 Å². The summed E-state index contributed by atoms with van der Waals surface area (Å²) < 4.78 is 37.4. The van der Waals surface area contributed by atoms with Crippen molar-refractivity contribution in [1.82, 2.24) is 0 Å². The molecule has 0 amide bonds. The van der Waals surface area contributed by atoms with Crippen molar-refractivity contribution in [2.45, 2.75) is 185 Å². The molecule has 0 aromatic rings. The van der Waals surface area contributed by atoms with Gasteiger partial charge in [0.15, 0.2) is 18.4 Å². The van der Waals surface area contributed by atoms with E-state index >= 15 is 0 Å². The monoisotopic (exact) mass is 752 g/mol. The normalized spacial score (nSPS) is 61.0. The zero-order valence-electron chi connectivity index (χ0n) is 32.4. The van der Waals surface area contributed by atoms with Crippen LogP contribution in [-0.4, -0.2) is 134 Å². The van der Waals surface area contributed by atoms with Gasteiger partial charge in [-0.2, -0.15) is 0 Å². The van der Waals surface area contributed by atoms with Crippen LogP contribution in [0.25, 0.3) is 0 Å². The summed E-state index contributed by atoms with van der Waals surface area (Å²) in [6, 6.07) is 0. The lowest BCUT2D eigenvalue weighted by molar-refractivity contribution is -0.345. The predicted octanol–water partition coefficient (Wildman–Crippen LogP) is 1.58. The summed E-state index contributed by atoms with van der Waals surface area (Å²) >= 11 is 0. The van der Waals surface area contributed by atoms with Gasteiger partial charge in [-0.15, -0.1) is 0 Å². The zero-order chi connectivity index (χ0) is 38.1. The number of hydrogen-bond acceptors (Lipinski definition) is 13. The third-order valence-electron chi connectivity index (χ3n) is 17.6. The molecule has 0 aromatic carbocycles.